The molecule has 0 aromatic carbocycles. The molecule has 1 aliphatic rings. The molecule has 1 saturated heterocycles. The van der Waals surface area contributed by atoms with Crippen LogP contribution in [0.3, 0.4) is 0 Å². The van der Waals surface area contributed by atoms with Crippen LogP contribution >= 0.6 is 7.60 Å². The largest absolute Gasteiger partial charge is 0.388 e. The van der Waals surface area contributed by atoms with Gasteiger partial charge in [0.2, 0.25) is 0 Å². The monoisotopic (exact) mass is 351 g/mol. The molecule has 2 rings (SSSR count). The van der Waals surface area contributed by atoms with E-state index in [-0.39, 0.29) is 12.4 Å². The summed E-state index contributed by atoms with van der Waals surface area (Å²) in [5.74, 6) is -2.18. The third kappa shape index (κ3) is 3.31. The molecule has 0 unspecified atom stereocenters. The summed E-state index contributed by atoms with van der Waals surface area (Å²) >= 11 is 0. The predicted molar refractivity (Wildman–Crippen MR) is 76.4 cm³/mol. The molecule has 0 radical (unpaired) electrons. The van der Waals surface area contributed by atoms with Crippen LogP contribution in [0.1, 0.15) is 0 Å². The second kappa shape index (κ2) is 6.65. The van der Waals surface area contributed by atoms with Crippen molar-refractivity contribution in [2.45, 2.75) is 18.1 Å². The standard InChI is InChI=1S/C11H18N3O8P/c1-19-23(18,20-2)6-22-11(9(16)7(15)5-21-11)14-4-3-8(12)13-10(14)17/h3-4,7,9,15-16H,5-6H2,1-2H3,(H2,12,13,17)/t7-,9-,11+/m1/s1. The highest BCUT2D eigenvalue weighted by molar-refractivity contribution is 7.53. The molecule has 1 aromatic heterocycles. The van der Waals surface area contributed by atoms with E-state index < -0.39 is 37.8 Å². The van der Waals surface area contributed by atoms with E-state index in [1.807, 2.05) is 0 Å². The third-order valence-electron chi connectivity index (χ3n) is 3.35. The quantitative estimate of drug-likeness (QED) is 0.524. The average Bonchev–Trinajstić information content (AvgIpc) is 2.82. The van der Waals surface area contributed by atoms with Crippen molar-refractivity contribution < 1.29 is 33.3 Å². The second-order valence-corrected chi connectivity index (χ2v) is 6.92. The van der Waals surface area contributed by atoms with Crippen molar-refractivity contribution in [1.82, 2.24) is 9.55 Å². The molecule has 0 amide bonds. The fraction of sp³-hybridized carbons (Fsp3) is 0.636. The van der Waals surface area contributed by atoms with E-state index in [1.165, 1.54) is 12.3 Å². The number of anilines is 1. The van der Waals surface area contributed by atoms with Crippen LogP contribution in [-0.2, 0) is 29.0 Å². The van der Waals surface area contributed by atoms with Gasteiger partial charge in [0.25, 0.3) is 5.91 Å². The zero-order chi connectivity index (χ0) is 17.3. The van der Waals surface area contributed by atoms with Gasteiger partial charge in [0.1, 0.15) is 11.9 Å². The van der Waals surface area contributed by atoms with Gasteiger partial charge in [-0.2, -0.15) is 4.98 Å². The number of nitrogen functional groups attached to an aromatic ring is 1. The highest BCUT2D eigenvalue weighted by Gasteiger charge is 2.54. The highest BCUT2D eigenvalue weighted by Crippen LogP contribution is 2.48. The Bertz CT molecular complexity index is 659. The molecule has 0 bridgehead atoms. The van der Waals surface area contributed by atoms with E-state index in [0.29, 0.717) is 0 Å². The van der Waals surface area contributed by atoms with Crippen LogP contribution in [0, 0.1) is 0 Å². The molecule has 0 spiro atoms. The van der Waals surface area contributed by atoms with Gasteiger partial charge in [-0.15, -0.1) is 0 Å². The Kier molecular flexibility index (Phi) is 5.21. The van der Waals surface area contributed by atoms with Gasteiger partial charge in [0.05, 0.1) is 6.61 Å². The number of rotatable bonds is 6. The first kappa shape index (κ1) is 18.0. The molecule has 23 heavy (non-hydrogen) atoms. The number of hydrogen-bond donors (Lipinski definition) is 3. The second-order valence-electron chi connectivity index (χ2n) is 4.71. The molecule has 12 heteroatoms. The summed E-state index contributed by atoms with van der Waals surface area (Å²) in [4.78, 5) is 15.5. The summed E-state index contributed by atoms with van der Waals surface area (Å²) in [6, 6.07) is 1.28. The van der Waals surface area contributed by atoms with Gasteiger partial charge in [-0.1, -0.05) is 0 Å². The van der Waals surface area contributed by atoms with Crippen LogP contribution in [0.15, 0.2) is 17.1 Å². The van der Waals surface area contributed by atoms with Crippen molar-refractivity contribution >= 4 is 13.4 Å². The Morgan fingerprint density at radius 2 is 2.17 bits per heavy atom. The highest BCUT2D eigenvalue weighted by atomic mass is 31.2. The first-order valence-electron chi connectivity index (χ1n) is 6.48. The molecular weight excluding hydrogens is 333 g/mol. The zero-order valence-corrected chi connectivity index (χ0v) is 13.4. The number of aliphatic hydroxyl groups excluding tert-OH is 2. The number of ether oxygens (including phenoxy) is 2. The number of nitrogens with zero attached hydrogens (tertiary/aromatic N) is 2. The van der Waals surface area contributed by atoms with Crippen molar-refractivity contribution in [2.24, 2.45) is 0 Å². The van der Waals surface area contributed by atoms with Crippen LogP contribution in [0.2, 0.25) is 0 Å². The minimum atomic E-state index is -3.62. The summed E-state index contributed by atoms with van der Waals surface area (Å²) in [5.41, 5.74) is 4.53. The molecule has 1 fully saturated rings. The molecule has 3 atom stereocenters. The molecule has 1 aromatic rings. The maximum atomic E-state index is 12.1. The molecule has 2 heterocycles. The van der Waals surface area contributed by atoms with Crippen molar-refractivity contribution in [1.29, 1.82) is 0 Å². The van der Waals surface area contributed by atoms with Crippen molar-refractivity contribution in [3.63, 3.8) is 0 Å². The van der Waals surface area contributed by atoms with Crippen LogP contribution < -0.4 is 11.4 Å². The molecule has 130 valence electrons. The summed E-state index contributed by atoms with van der Waals surface area (Å²) in [5, 5.41) is 19.9. The molecule has 1 aliphatic heterocycles. The Balaban J connectivity index is 2.42. The summed E-state index contributed by atoms with van der Waals surface area (Å²) in [6.45, 7) is -0.317. The van der Waals surface area contributed by atoms with Crippen molar-refractivity contribution in [2.75, 3.05) is 32.9 Å². The number of hydrogen-bond acceptors (Lipinski definition) is 10. The normalized spacial score (nSPS) is 28.2. The van der Waals surface area contributed by atoms with Crippen LogP contribution in [0.25, 0.3) is 0 Å². The molecule has 4 N–H and O–H groups in total. The first-order valence-corrected chi connectivity index (χ1v) is 8.21. The SMILES string of the molecule is COP(=O)(CO[C@@]1(n2ccc(N)nc2=O)OC[C@@H](O)[C@H]1O)OC. The lowest BCUT2D eigenvalue weighted by molar-refractivity contribution is -0.300. The number of aliphatic hydroxyl groups is 2. The maximum Gasteiger partial charge on any atom is 0.355 e. The Labute approximate surface area is 131 Å². The van der Waals surface area contributed by atoms with Gasteiger partial charge in [-0.25, -0.2) is 9.36 Å². The topological polar surface area (TPSA) is 155 Å². The molecule has 0 aliphatic carbocycles. The summed E-state index contributed by atoms with van der Waals surface area (Å²) in [7, 11) is -1.32. The van der Waals surface area contributed by atoms with Crippen molar-refractivity contribution in [3.05, 3.63) is 22.7 Å². The zero-order valence-electron chi connectivity index (χ0n) is 12.5. The van der Waals surface area contributed by atoms with E-state index in [9.17, 15) is 19.6 Å². The van der Waals surface area contributed by atoms with Gasteiger partial charge in [0.15, 0.2) is 12.5 Å². The minimum absolute atomic E-state index is 0.0473. The Morgan fingerprint density at radius 3 is 2.65 bits per heavy atom. The lowest BCUT2D eigenvalue weighted by atomic mass is 10.2. The van der Waals surface area contributed by atoms with E-state index in [1.54, 1.807) is 0 Å². The molecular formula is C11H18N3O8P. The first-order chi connectivity index (χ1) is 10.8. The van der Waals surface area contributed by atoms with Crippen LogP contribution in [-0.4, -0.2) is 59.1 Å². The van der Waals surface area contributed by atoms with E-state index in [4.69, 9.17) is 24.3 Å². The van der Waals surface area contributed by atoms with Crippen molar-refractivity contribution in [3.8, 4) is 0 Å². The molecule has 11 nitrogen and oxygen atoms in total. The maximum absolute atomic E-state index is 12.1. The average molecular weight is 351 g/mol. The number of nitrogens with two attached hydrogens (primary N) is 1. The van der Waals surface area contributed by atoms with Gasteiger partial charge >= 0.3 is 13.3 Å². The Morgan fingerprint density at radius 1 is 1.52 bits per heavy atom. The van der Waals surface area contributed by atoms with E-state index in [0.717, 1.165) is 18.8 Å². The van der Waals surface area contributed by atoms with Gasteiger partial charge in [0, 0.05) is 20.4 Å². The van der Waals surface area contributed by atoms with Gasteiger partial charge < -0.3 is 34.5 Å². The van der Waals surface area contributed by atoms with Gasteiger partial charge in [-0.3, -0.25) is 4.57 Å². The smallest absolute Gasteiger partial charge is 0.355 e. The van der Waals surface area contributed by atoms with Crippen LogP contribution in [0.4, 0.5) is 5.82 Å². The van der Waals surface area contributed by atoms with E-state index >= 15 is 0 Å². The third-order valence-corrected chi connectivity index (χ3v) is 4.90. The fourth-order valence-corrected chi connectivity index (χ4v) is 2.74. The lowest BCUT2D eigenvalue weighted by Crippen LogP contribution is -2.52. The fourth-order valence-electron chi connectivity index (χ4n) is 2.04. The summed E-state index contributed by atoms with van der Waals surface area (Å²) in [6.07, 6.45) is -2.44. The predicted octanol–water partition coefficient (Wildman–Crippen LogP) is -1.35. The van der Waals surface area contributed by atoms with Gasteiger partial charge in [-0.05, 0) is 6.07 Å². The Hall–Kier alpha value is -1.33. The van der Waals surface area contributed by atoms with Crippen LogP contribution in [0.5, 0.6) is 0 Å². The summed E-state index contributed by atoms with van der Waals surface area (Å²) < 4.78 is 33.0. The molecule has 0 saturated carbocycles. The lowest BCUT2D eigenvalue weighted by Gasteiger charge is -2.33. The minimum Gasteiger partial charge on any atom is -0.388 e. The number of aromatic nitrogens is 2. The van der Waals surface area contributed by atoms with E-state index in [2.05, 4.69) is 4.98 Å².